The van der Waals surface area contributed by atoms with Gasteiger partial charge in [0.05, 0.1) is 36.5 Å². The molecule has 0 saturated carbocycles. The van der Waals surface area contributed by atoms with Gasteiger partial charge in [0, 0.05) is 12.1 Å². The fourth-order valence-electron chi connectivity index (χ4n) is 5.78. The number of benzene rings is 1. The van der Waals surface area contributed by atoms with Crippen LogP contribution in [0, 0.1) is 0 Å². The second kappa shape index (κ2) is 12.6. The Balaban J connectivity index is 1.20. The molecule has 3 aliphatic heterocycles. The maximum Gasteiger partial charge on any atom is 0.386 e. The van der Waals surface area contributed by atoms with E-state index in [1.807, 2.05) is 0 Å². The first kappa shape index (κ1) is 32.8. The van der Waals surface area contributed by atoms with Crippen LogP contribution in [0.15, 0.2) is 46.2 Å². The number of nitrogens with two attached hydrogens (primary N) is 2. The number of nitrogens with zero attached hydrogens (tertiary/aromatic N) is 5. The van der Waals surface area contributed by atoms with Crippen LogP contribution in [0.1, 0.15) is 18.9 Å². The lowest BCUT2D eigenvalue weighted by atomic mass is 10.1. The number of aromatic nitrogens is 6. The quantitative estimate of drug-likeness (QED) is 0.0692. The maximum absolute atomic E-state index is 13.6. The molecular weight excluding hydrogens is 695 g/mol. The Bertz CT molecular complexity index is 2120. The number of fused-ring (bicyclic) bond motifs is 5. The van der Waals surface area contributed by atoms with E-state index in [0.717, 1.165) is 4.57 Å². The molecule has 3 saturated heterocycles. The van der Waals surface area contributed by atoms with Crippen LogP contribution in [-0.4, -0.2) is 89.3 Å². The van der Waals surface area contributed by atoms with Crippen LogP contribution in [0.3, 0.4) is 0 Å². The molecule has 4 aromatic rings. The second-order valence-electron chi connectivity index (χ2n) is 11.1. The number of anilines is 2. The van der Waals surface area contributed by atoms with Gasteiger partial charge in [-0.05, 0) is 18.2 Å². The van der Waals surface area contributed by atoms with Gasteiger partial charge in [-0.2, -0.15) is 4.98 Å². The molecule has 19 nitrogen and oxygen atoms in total. The molecule has 2 bridgehead atoms. The SMILES string of the molecule is Nc1ccc2c(=O)n([C@@H]3O[C@@H]4COP(=O)(S)OC5C[C@@H](COC(S)C(=C=O)O[C@H]4C3O)O[C@H]5n3cnc4c(=O)[nH]c(N)nc43)cnc2c1. The van der Waals surface area contributed by atoms with Gasteiger partial charge in [-0.25, -0.2) is 19.3 Å². The molecule has 254 valence electrons. The lowest BCUT2D eigenvalue weighted by Crippen LogP contribution is -2.39. The zero-order chi connectivity index (χ0) is 33.9. The van der Waals surface area contributed by atoms with Crippen molar-refractivity contribution < 1.29 is 42.5 Å². The largest absolute Gasteiger partial charge is 0.475 e. The van der Waals surface area contributed by atoms with E-state index in [0.29, 0.717) is 11.2 Å². The molecule has 0 radical (unpaired) electrons. The third-order valence-corrected chi connectivity index (χ3v) is 9.99. The summed E-state index contributed by atoms with van der Waals surface area (Å²) in [4.78, 5) is 52.6. The number of thiol groups is 2. The number of imidazole rings is 1. The van der Waals surface area contributed by atoms with Gasteiger partial charge >= 0.3 is 6.80 Å². The molecule has 0 spiro atoms. The molecule has 3 aliphatic rings. The zero-order valence-corrected chi connectivity index (χ0v) is 27.1. The third-order valence-electron chi connectivity index (χ3n) is 7.96. The van der Waals surface area contributed by atoms with E-state index in [9.17, 15) is 24.1 Å². The van der Waals surface area contributed by atoms with Crippen molar-refractivity contribution >= 4 is 71.3 Å². The molecule has 1 aromatic carbocycles. The van der Waals surface area contributed by atoms with Gasteiger partial charge in [0.25, 0.3) is 11.1 Å². The fourth-order valence-corrected chi connectivity index (χ4v) is 7.47. The maximum atomic E-state index is 13.6. The highest BCUT2D eigenvalue weighted by Crippen LogP contribution is 2.57. The van der Waals surface area contributed by atoms with Gasteiger partial charge in [-0.3, -0.25) is 32.8 Å². The van der Waals surface area contributed by atoms with Crippen LogP contribution in [0.2, 0.25) is 0 Å². The van der Waals surface area contributed by atoms with Crippen LogP contribution in [0.25, 0.3) is 22.1 Å². The number of nitrogen functional groups attached to an aromatic ring is 2. The number of ether oxygens (including phenoxy) is 4. The van der Waals surface area contributed by atoms with E-state index in [4.69, 9.17) is 39.5 Å². The molecule has 48 heavy (non-hydrogen) atoms. The van der Waals surface area contributed by atoms with Gasteiger partial charge < -0.3 is 35.5 Å². The molecule has 4 unspecified atom stereocenters. The molecule has 6 N–H and O–H groups in total. The zero-order valence-electron chi connectivity index (χ0n) is 24.4. The van der Waals surface area contributed by atoms with Gasteiger partial charge in [0.2, 0.25) is 11.7 Å². The monoisotopic (exact) mass is 722 g/mol. The van der Waals surface area contributed by atoms with Crippen LogP contribution in [0.5, 0.6) is 0 Å². The summed E-state index contributed by atoms with van der Waals surface area (Å²) in [6.45, 7) is -4.99. The van der Waals surface area contributed by atoms with E-state index in [-0.39, 0.29) is 35.5 Å². The first-order chi connectivity index (χ1) is 22.9. The van der Waals surface area contributed by atoms with Crippen molar-refractivity contribution in [1.29, 1.82) is 0 Å². The predicted molar refractivity (Wildman–Crippen MR) is 172 cm³/mol. The predicted octanol–water partition coefficient (Wildman–Crippen LogP) is 0.0664. The summed E-state index contributed by atoms with van der Waals surface area (Å²) in [5.41, 5.74) is 9.88. The second-order valence-corrected chi connectivity index (χ2v) is 14.4. The van der Waals surface area contributed by atoms with Crippen LogP contribution >= 0.6 is 31.7 Å². The number of H-pyrrole nitrogens is 1. The van der Waals surface area contributed by atoms with Crippen molar-refractivity contribution in [3.8, 4) is 0 Å². The number of carbonyl (C=O) groups excluding carboxylic acids is 1. The number of aromatic amines is 1. The van der Waals surface area contributed by atoms with E-state index in [2.05, 4.69) is 44.8 Å². The summed E-state index contributed by atoms with van der Waals surface area (Å²) < 4.78 is 51.2. The summed E-state index contributed by atoms with van der Waals surface area (Å²) in [5, 5.41) is 11.6. The van der Waals surface area contributed by atoms with Gasteiger partial charge in [0.1, 0.15) is 24.6 Å². The minimum absolute atomic E-state index is 0.0295. The number of aliphatic hydroxyl groups is 1. The number of aliphatic hydroxyl groups excluding tert-OH is 1. The molecule has 9 atom stereocenters. The fraction of sp³-hybridized carbons (Fsp3) is 0.423. The van der Waals surface area contributed by atoms with Gasteiger partial charge in [-0.15, -0.1) is 12.6 Å². The third kappa shape index (κ3) is 6.02. The Morgan fingerprint density at radius 2 is 1.88 bits per heavy atom. The van der Waals surface area contributed by atoms with E-state index in [1.165, 1.54) is 35.4 Å². The van der Waals surface area contributed by atoms with Crippen molar-refractivity contribution in [3.63, 3.8) is 0 Å². The van der Waals surface area contributed by atoms with Gasteiger partial charge in [0.15, 0.2) is 41.1 Å². The molecule has 0 aliphatic carbocycles. The Morgan fingerprint density at radius 1 is 1.08 bits per heavy atom. The van der Waals surface area contributed by atoms with E-state index >= 15 is 0 Å². The highest BCUT2D eigenvalue weighted by Gasteiger charge is 2.50. The van der Waals surface area contributed by atoms with Crippen molar-refractivity contribution in [1.82, 2.24) is 29.1 Å². The van der Waals surface area contributed by atoms with E-state index < -0.39 is 78.7 Å². The minimum Gasteiger partial charge on any atom is -0.475 e. The summed E-state index contributed by atoms with van der Waals surface area (Å²) >= 11 is 8.50. The number of rotatable bonds is 2. The summed E-state index contributed by atoms with van der Waals surface area (Å²) in [7, 11) is 0. The Labute approximate surface area is 279 Å². The number of hydrogen-bond acceptors (Lipinski definition) is 17. The topological polar surface area (TPSA) is 260 Å². The Kier molecular flexibility index (Phi) is 8.61. The van der Waals surface area contributed by atoms with Crippen molar-refractivity contribution in [3.05, 3.63) is 57.3 Å². The average Bonchev–Trinajstić information content (AvgIpc) is 3.72. The lowest BCUT2D eigenvalue weighted by Gasteiger charge is -2.26. The van der Waals surface area contributed by atoms with Crippen LogP contribution < -0.4 is 22.6 Å². The first-order valence-corrected chi connectivity index (χ1v) is 17.5. The molecule has 7 rings (SSSR count). The van der Waals surface area contributed by atoms with Crippen molar-refractivity contribution in [2.24, 2.45) is 0 Å². The van der Waals surface area contributed by atoms with Crippen molar-refractivity contribution in [2.45, 2.75) is 54.8 Å². The number of hydrogen-bond donors (Lipinski definition) is 6. The number of nitrogens with one attached hydrogen (secondary N) is 1. The summed E-state index contributed by atoms with van der Waals surface area (Å²) in [6.07, 6.45) is -5.92. The summed E-state index contributed by atoms with van der Waals surface area (Å²) in [5.74, 6) is 1.00. The Hall–Kier alpha value is -3.75. The van der Waals surface area contributed by atoms with Gasteiger partial charge in [-0.1, -0.05) is 12.2 Å². The standard InChI is InChI=1S/C26H27N8O11PS2/c27-10-1-2-12-13(3-10)29-8-34(22(12)38)24-18(36)19-16(44-24)7-41-46(39,48)45-14-4-11(6-40-25(47)15(5-35)43-19)42-23(14)33-9-30-17-20(33)31-26(28)32-21(17)37/h1-3,8-9,11,14,16,18-19,23-25,36,47H,4,6-7,27H2,(H,39,48)(H3,28,31,32,37)/t11-,14?,16+,18?,19+,23+,24+,25?,46?/m0/s1. The molecule has 22 heteroatoms. The minimum atomic E-state index is -4.25. The highest BCUT2D eigenvalue weighted by atomic mass is 32.7. The molecule has 3 fully saturated rings. The highest BCUT2D eigenvalue weighted by molar-refractivity contribution is 8.44. The molecule has 3 aromatic heterocycles. The lowest BCUT2D eigenvalue weighted by molar-refractivity contribution is -0.0654. The average molecular weight is 723 g/mol. The molecule has 0 amide bonds. The normalized spacial score (nSPS) is 32.9. The smallest absolute Gasteiger partial charge is 0.386 e. The molecule has 6 heterocycles. The van der Waals surface area contributed by atoms with E-state index in [1.54, 1.807) is 5.94 Å². The van der Waals surface area contributed by atoms with Crippen molar-refractivity contribution in [2.75, 3.05) is 24.7 Å². The summed E-state index contributed by atoms with van der Waals surface area (Å²) in [6, 6.07) is 4.53. The Morgan fingerprint density at radius 3 is 2.67 bits per heavy atom. The van der Waals surface area contributed by atoms with Crippen LogP contribution in [0.4, 0.5) is 11.6 Å². The van der Waals surface area contributed by atoms with Crippen LogP contribution in [-0.2, 0) is 37.4 Å². The molecular formula is C26H27N8O11PS2. The first-order valence-electron chi connectivity index (χ1n) is 14.3.